The van der Waals surface area contributed by atoms with Gasteiger partial charge in [-0.25, -0.2) is 9.67 Å². The lowest BCUT2D eigenvalue weighted by Gasteiger charge is -2.14. The normalized spacial score (nSPS) is 15.3. The molecule has 6 nitrogen and oxygen atoms in total. The van der Waals surface area contributed by atoms with Crippen LogP contribution < -0.4 is 5.32 Å². The number of carbonyl (C=O) groups is 1. The van der Waals surface area contributed by atoms with Gasteiger partial charge in [-0.1, -0.05) is 19.8 Å². The molecule has 6 heteroatoms. The number of nitrogens with zero attached hydrogens (tertiary/aromatic N) is 4. The fourth-order valence-corrected chi connectivity index (χ4v) is 3.14. The second-order valence-corrected chi connectivity index (χ2v) is 5.79. The minimum Gasteiger partial charge on any atom is -0.334 e. The first kappa shape index (κ1) is 14.8. The van der Waals surface area contributed by atoms with Crippen molar-refractivity contribution in [2.45, 2.75) is 58.0 Å². The Labute approximate surface area is 130 Å². The molecule has 1 N–H and O–H groups in total. The third kappa shape index (κ3) is 3.21. The number of amides is 1. The topological polar surface area (TPSA) is 64.7 Å². The number of hydrogen-bond donors (Lipinski definition) is 1. The zero-order chi connectivity index (χ0) is 15.4. The van der Waals surface area contributed by atoms with Crippen molar-refractivity contribution in [3.8, 4) is 0 Å². The second-order valence-electron chi connectivity index (χ2n) is 5.79. The van der Waals surface area contributed by atoms with Gasteiger partial charge in [0.25, 0.3) is 0 Å². The van der Waals surface area contributed by atoms with Crippen LogP contribution in [0.1, 0.15) is 50.9 Å². The van der Waals surface area contributed by atoms with Crippen molar-refractivity contribution in [2.75, 3.05) is 5.32 Å². The third-order valence-corrected chi connectivity index (χ3v) is 4.31. The van der Waals surface area contributed by atoms with E-state index in [0.717, 1.165) is 30.9 Å². The maximum Gasteiger partial charge on any atom is 0.227 e. The first-order valence-corrected chi connectivity index (χ1v) is 8.11. The molecule has 1 fully saturated rings. The molecule has 2 heterocycles. The van der Waals surface area contributed by atoms with Gasteiger partial charge in [-0.3, -0.25) is 4.79 Å². The number of anilines is 1. The molecule has 0 spiro atoms. The van der Waals surface area contributed by atoms with Crippen molar-refractivity contribution >= 4 is 11.7 Å². The average molecular weight is 301 g/mol. The maximum absolute atomic E-state index is 12.2. The standard InChI is InChI=1S/C16H23N5O/c1-2-14-17-10-12-20(14)11-8-16(22)19-15-7-9-18-21(15)13-5-3-4-6-13/h7,9-10,12-13H,2-6,8,11H2,1H3,(H,19,22). The molecule has 0 radical (unpaired) electrons. The van der Waals surface area contributed by atoms with Crippen molar-refractivity contribution in [1.82, 2.24) is 19.3 Å². The Morgan fingerprint density at radius 1 is 1.36 bits per heavy atom. The maximum atomic E-state index is 12.2. The summed E-state index contributed by atoms with van der Waals surface area (Å²) in [5.74, 6) is 1.86. The molecule has 22 heavy (non-hydrogen) atoms. The smallest absolute Gasteiger partial charge is 0.227 e. The van der Waals surface area contributed by atoms with Crippen LogP contribution in [-0.2, 0) is 17.8 Å². The Kier molecular flexibility index (Phi) is 4.56. The molecule has 3 rings (SSSR count). The predicted octanol–water partition coefficient (Wildman–Crippen LogP) is 2.79. The summed E-state index contributed by atoms with van der Waals surface area (Å²) in [7, 11) is 0. The van der Waals surface area contributed by atoms with Crippen molar-refractivity contribution in [3.05, 3.63) is 30.5 Å². The van der Waals surface area contributed by atoms with E-state index in [1.54, 1.807) is 12.4 Å². The molecule has 2 aromatic rings. The van der Waals surface area contributed by atoms with Crippen LogP contribution in [0.5, 0.6) is 0 Å². The van der Waals surface area contributed by atoms with Gasteiger partial charge < -0.3 is 9.88 Å². The van der Waals surface area contributed by atoms with Gasteiger partial charge in [0.1, 0.15) is 11.6 Å². The number of rotatable bonds is 6. The minimum atomic E-state index is 0.0236. The SMILES string of the molecule is CCc1nccn1CCC(=O)Nc1ccnn1C1CCCC1. The molecule has 0 atom stereocenters. The van der Waals surface area contributed by atoms with Gasteiger partial charge in [0.15, 0.2) is 0 Å². The van der Waals surface area contributed by atoms with Gasteiger partial charge in [0, 0.05) is 37.8 Å². The lowest BCUT2D eigenvalue weighted by molar-refractivity contribution is -0.116. The Bertz CT molecular complexity index is 624. The predicted molar refractivity (Wildman–Crippen MR) is 84.6 cm³/mol. The van der Waals surface area contributed by atoms with Gasteiger partial charge in [-0.2, -0.15) is 5.10 Å². The lowest BCUT2D eigenvalue weighted by atomic mass is 10.2. The zero-order valence-electron chi connectivity index (χ0n) is 13.0. The van der Waals surface area contributed by atoms with Crippen LogP contribution >= 0.6 is 0 Å². The molecular formula is C16H23N5O. The Morgan fingerprint density at radius 2 is 2.18 bits per heavy atom. The lowest BCUT2D eigenvalue weighted by Crippen LogP contribution is -2.19. The van der Waals surface area contributed by atoms with Crippen molar-refractivity contribution in [2.24, 2.45) is 0 Å². The van der Waals surface area contributed by atoms with Crippen molar-refractivity contribution in [3.63, 3.8) is 0 Å². The van der Waals surface area contributed by atoms with Crippen molar-refractivity contribution < 1.29 is 4.79 Å². The summed E-state index contributed by atoms with van der Waals surface area (Å²) < 4.78 is 4.01. The number of hydrogen-bond acceptors (Lipinski definition) is 3. The zero-order valence-corrected chi connectivity index (χ0v) is 13.0. The van der Waals surface area contributed by atoms with E-state index in [1.165, 1.54) is 12.8 Å². The Balaban J connectivity index is 1.57. The van der Waals surface area contributed by atoms with Crippen LogP contribution in [0.25, 0.3) is 0 Å². The summed E-state index contributed by atoms with van der Waals surface area (Å²) in [5, 5.41) is 7.37. The second kappa shape index (κ2) is 6.77. The molecule has 0 bridgehead atoms. The van der Waals surface area contributed by atoms with Crippen LogP contribution in [-0.4, -0.2) is 25.2 Å². The molecule has 2 aromatic heterocycles. The third-order valence-electron chi connectivity index (χ3n) is 4.31. The highest BCUT2D eigenvalue weighted by Crippen LogP contribution is 2.31. The van der Waals surface area contributed by atoms with Crippen LogP contribution in [0.2, 0.25) is 0 Å². The number of nitrogens with one attached hydrogen (secondary N) is 1. The summed E-state index contributed by atoms with van der Waals surface area (Å²) in [4.78, 5) is 16.5. The van der Waals surface area contributed by atoms with Gasteiger partial charge in [0.05, 0.1) is 12.2 Å². The fraction of sp³-hybridized carbons (Fsp3) is 0.562. The fourth-order valence-electron chi connectivity index (χ4n) is 3.14. The molecule has 118 valence electrons. The monoisotopic (exact) mass is 301 g/mol. The highest BCUT2D eigenvalue weighted by Gasteiger charge is 2.20. The quantitative estimate of drug-likeness (QED) is 0.892. The van der Waals surface area contributed by atoms with Crippen LogP contribution in [0, 0.1) is 0 Å². The molecule has 1 amide bonds. The molecule has 0 saturated heterocycles. The molecular weight excluding hydrogens is 278 g/mol. The molecule has 1 aliphatic carbocycles. The summed E-state index contributed by atoms with van der Waals surface area (Å²) in [6, 6.07) is 2.32. The van der Waals surface area contributed by atoms with Crippen LogP contribution in [0.15, 0.2) is 24.7 Å². The molecule has 1 saturated carbocycles. The van der Waals surface area contributed by atoms with E-state index < -0.39 is 0 Å². The Morgan fingerprint density at radius 3 is 2.95 bits per heavy atom. The van der Waals surface area contributed by atoms with Crippen LogP contribution in [0.4, 0.5) is 5.82 Å². The van der Waals surface area contributed by atoms with E-state index in [4.69, 9.17) is 0 Å². The largest absolute Gasteiger partial charge is 0.334 e. The number of imidazole rings is 1. The van der Waals surface area contributed by atoms with Gasteiger partial charge in [-0.05, 0) is 12.8 Å². The number of carbonyl (C=O) groups excluding carboxylic acids is 1. The van der Waals surface area contributed by atoms with E-state index in [-0.39, 0.29) is 5.91 Å². The van der Waals surface area contributed by atoms with E-state index in [2.05, 4.69) is 22.3 Å². The van der Waals surface area contributed by atoms with E-state index >= 15 is 0 Å². The summed E-state index contributed by atoms with van der Waals surface area (Å²) in [6.07, 6.45) is 11.6. The van der Waals surface area contributed by atoms with E-state index in [1.807, 2.05) is 21.5 Å². The summed E-state index contributed by atoms with van der Waals surface area (Å²) in [6.45, 7) is 2.73. The van der Waals surface area contributed by atoms with Gasteiger partial charge >= 0.3 is 0 Å². The average Bonchev–Trinajstić information content (AvgIpc) is 3.25. The summed E-state index contributed by atoms with van der Waals surface area (Å²) >= 11 is 0. The van der Waals surface area contributed by atoms with E-state index in [0.29, 0.717) is 19.0 Å². The van der Waals surface area contributed by atoms with Crippen molar-refractivity contribution in [1.29, 1.82) is 0 Å². The summed E-state index contributed by atoms with van der Waals surface area (Å²) in [5.41, 5.74) is 0. The number of aryl methyl sites for hydroxylation is 2. The minimum absolute atomic E-state index is 0.0236. The highest BCUT2D eigenvalue weighted by atomic mass is 16.1. The molecule has 0 aromatic carbocycles. The first-order valence-electron chi connectivity index (χ1n) is 8.11. The molecule has 1 aliphatic rings. The van der Waals surface area contributed by atoms with Gasteiger partial charge in [0.2, 0.25) is 5.91 Å². The first-order chi connectivity index (χ1) is 10.8. The molecule has 0 aliphatic heterocycles. The number of aromatic nitrogens is 4. The highest BCUT2D eigenvalue weighted by molar-refractivity contribution is 5.89. The van der Waals surface area contributed by atoms with Gasteiger partial charge in [-0.15, -0.1) is 0 Å². The van der Waals surface area contributed by atoms with E-state index in [9.17, 15) is 4.79 Å². The Hall–Kier alpha value is -2.11. The van der Waals surface area contributed by atoms with Crippen LogP contribution in [0.3, 0.4) is 0 Å². The molecule has 0 unspecified atom stereocenters.